The first-order valence-corrected chi connectivity index (χ1v) is 6.82. The maximum absolute atomic E-state index is 12.8. The Morgan fingerprint density at radius 3 is 2.43 bits per heavy atom. The van der Waals surface area contributed by atoms with E-state index in [1.165, 1.54) is 30.3 Å². The molecule has 21 heavy (non-hydrogen) atoms. The van der Waals surface area contributed by atoms with Crippen LogP contribution in [0.15, 0.2) is 40.9 Å². The molecule has 0 fully saturated rings. The first-order chi connectivity index (χ1) is 9.81. The van der Waals surface area contributed by atoms with Crippen molar-refractivity contribution in [3.63, 3.8) is 0 Å². The molecule has 0 amide bonds. The van der Waals surface area contributed by atoms with Crippen molar-refractivity contribution in [1.29, 1.82) is 5.26 Å². The fourth-order valence-corrected chi connectivity index (χ4v) is 2.36. The third-order valence-corrected chi connectivity index (χ3v) is 3.65. The number of anilines is 2. The van der Waals surface area contributed by atoms with Crippen LogP contribution in [0.25, 0.3) is 0 Å². The van der Waals surface area contributed by atoms with E-state index in [0.717, 1.165) is 6.07 Å². The van der Waals surface area contributed by atoms with Gasteiger partial charge in [0.1, 0.15) is 0 Å². The largest absolute Gasteiger partial charge is 0.417 e. The third kappa shape index (κ3) is 3.69. The van der Waals surface area contributed by atoms with E-state index in [0.29, 0.717) is 11.3 Å². The smallest absolute Gasteiger partial charge is 0.354 e. The first kappa shape index (κ1) is 15.7. The van der Waals surface area contributed by atoms with Crippen LogP contribution in [0.5, 0.6) is 0 Å². The van der Waals surface area contributed by atoms with Crippen molar-refractivity contribution in [2.45, 2.75) is 6.18 Å². The highest BCUT2D eigenvalue weighted by Gasteiger charge is 2.33. The van der Waals surface area contributed by atoms with Crippen LogP contribution >= 0.6 is 27.5 Å². The lowest BCUT2D eigenvalue weighted by Crippen LogP contribution is -2.06. The molecule has 2 nitrogen and oxygen atoms in total. The highest BCUT2D eigenvalue weighted by atomic mass is 79.9. The summed E-state index contributed by atoms with van der Waals surface area (Å²) < 4.78 is 38.4. The second-order valence-corrected chi connectivity index (χ2v) is 5.39. The molecule has 0 spiro atoms. The van der Waals surface area contributed by atoms with E-state index in [4.69, 9.17) is 16.9 Å². The topological polar surface area (TPSA) is 35.8 Å². The number of nitrogens with one attached hydrogen (secondary N) is 1. The van der Waals surface area contributed by atoms with Crippen molar-refractivity contribution in [2.24, 2.45) is 0 Å². The molecule has 0 unspecified atom stereocenters. The summed E-state index contributed by atoms with van der Waals surface area (Å²) in [5.41, 5.74) is 0.262. The summed E-state index contributed by atoms with van der Waals surface area (Å²) in [7, 11) is 0. The first-order valence-electron chi connectivity index (χ1n) is 5.64. The Morgan fingerprint density at radius 2 is 1.86 bits per heavy atom. The van der Waals surface area contributed by atoms with Gasteiger partial charge in [-0.1, -0.05) is 27.5 Å². The molecule has 0 saturated heterocycles. The predicted octanol–water partition coefficient (Wildman–Crippen LogP) is 5.74. The predicted molar refractivity (Wildman–Crippen MR) is 78.6 cm³/mol. The number of nitrogens with zero attached hydrogens (tertiary/aromatic N) is 1. The van der Waals surface area contributed by atoms with Crippen LogP contribution in [0.1, 0.15) is 11.1 Å². The minimum atomic E-state index is -4.45. The molecule has 0 heterocycles. The van der Waals surface area contributed by atoms with Gasteiger partial charge in [-0.2, -0.15) is 18.4 Å². The minimum absolute atomic E-state index is 0.0357. The summed E-state index contributed by atoms with van der Waals surface area (Å²) in [5, 5.41) is 11.8. The number of rotatable bonds is 2. The van der Waals surface area contributed by atoms with Crippen LogP contribution in [0.2, 0.25) is 5.02 Å². The Labute approximate surface area is 132 Å². The van der Waals surface area contributed by atoms with Crippen LogP contribution in [-0.4, -0.2) is 0 Å². The van der Waals surface area contributed by atoms with Crippen molar-refractivity contribution in [3.8, 4) is 6.07 Å². The maximum atomic E-state index is 12.8. The number of hydrogen-bond acceptors (Lipinski definition) is 2. The van der Waals surface area contributed by atoms with Crippen LogP contribution in [-0.2, 0) is 6.18 Å². The quantitative estimate of drug-likeness (QED) is 0.727. The number of nitriles is 1. The Morgan fingerprint density at radius 1 is 1.14 bits per heavy atom. The number of halogens is 5. The number of alkyl halides is 3. The monoisotopic (exact) mass is 374 g/mol. The highest BCUT2D eigenvalue weighted by Crippen LogP contribution is 2.37. The molecular weight excluding hydrogens is 369 g/mol. The summed E-state index contributed by atoms with van der Waals surface area (Å²) in [4.78, 5) is 0. The van der Waals surface area contributed by atoms with E-state index in [9.17, 15) is 13.2 Å². The summed E-state index contributed by atoms with van der Waals surface area (Å²) >= 11 is 8.85. The fourth-order valence-electron chi connectivity index (χ4n) is 1.66. The standard InChI is InChI=1S/C14H7BrClF3N2/c15-11-3-2-9(6-10(11)14(17,18)19)21-13-4-1-8(7-20)5-12(13)16/h1-6,21H. The lowest BCUT2D eigenvalue weighted by molar-refractivity contribution is -0.138. The lowest BCUT2D eigenvalue weighted by Gasteiger charge is -2.13. The van der Waals surface area contributed by atoms with Gasteiger partial charge < -0.3 is 5.32 Å². The Hall–Kier alpha value is -1.71. The molecule has 108 valence electrons. The summed E-state index contributed by atoms with van der Waals surface area (Å²) in [6.07, 6.45) is -4.45. The normalized spacial score (nSPS) is 11.0. The maximum Gasteiger partial charge on any atom is 0.417 e. The van der Waals surface area contributed by atoms with E-state index < -0.39 is 11.7 Å². The molecule has 7 heteroatoms. The minimum Gasteiger partial charge on any atom is -0.354 e. The molecule has 0 aliphatic heterocycles. The van der Waals surface area contributed by atoms with Crippen molar-refractivity contribution >= 4 is 38.9 Å². The van der Waals surface area contributed by atoms with Gasteiger partial charge in [-0.25, -0.2) is 0 Å². The van der Waals surface area contributed by atoms with Gasteiger partial charge in [0, 0.05) is 10.2 Å². The summed E-state index contributed by atoms with van der Waals surface area (Å²) in [6, 6.07) is 10.2. The van der Waals surface area contributed by atoms with Crippen molar-refractivity contribution in [2.75, 3.05) is 5.32 Å². The summed E-state index contributed by atoms with van der Waals surface area (Å²) in [6.45, 7) is 0. The molecule has 2 aromatic carbocycles. The molecule has 1 N–H and O–H groups in total. The van der Waals surface area contributed by atoms with Gasteiger partial charge in [-0.15, -0.1) is 0 Å². The third-order valence-electron chi connectivity index (χ3n) is 2.65. The molecule has 0 atom stereocenters. The van der Waals surface area contributed by atoms with E-state index in [2.05, 4.69) is 21.2 Å². The van der Waals surface area contributed by atoms with Crippen LogP contribution in [0.3, 0.4) is 0 Å². The van der Waals surface area contributed by atoms with Gasteiger partial charge in [0.2, 0.25) is 0 Å². The molecule has 2 aromatic rings. The molecular formula is C14H7BrClF3N2. The van der Waals surface area contributed by atoms with E-state index >= 15 is 0 Å². The molecule has 0 saturated carbocycles. The number of hydrogen-bond donors (Lipinski definition) is 1. The van der Waals surface area contributed by atoms with E-state index in [1.807, 2.05) is 6.07 Å². The van der Waals surface area contributed by atoms with Crippen molar-refractivity contribution in [1.82, 2.24) is 0 Å². The Bertz CT molecular complexity index is 723. The van der Waals surface area contributed by atoms with Gasteiger partial charge in [0.15, 0.2) is 0 Å². The fraction of sp³-hybridized carbons (Fsp3) is 0.0714. The summed E-state index contributed by atoms with van der Waals surface area (Å²) in [5.74, 6) is 0. The van der Waals surface area contributed by atoms with E-state index in [1.54, 1.807) is 0 Å². The number of benzene rings is 2. The zero-order chi connectivity index (χ0) is 15.6. The van der Waals surface area contributed by atoms with Crippen molar-refractivity contribution in [3.05, 3.63) is 57.0 Å². The van der Waals surface area contributed by atoms with Gasteiger partial charge in [-0.3, -0.25) is 0 Å². The van der Waals surface area contributed by atoms with Gasteiger partial charge in [0.05, 0.1) is 27.9 Å². The zero-order valence-electron chi connectivity index (χ0n) is 10.3. The second-order valence-electron chi connectivity index (χ2n) is 4.12. The average molecular weight is 376 g/mol. The van der Waals surface area contributed by atoms with Crippen LogP contribution in [0.4, 0.5) is 24.5 Å². The van der Waals surface area contributed by atoms with E-state index in [-0.39, 0.29) is 15.2 Å². The highest BCUT2D eigenvalue weighted by molar-refractivity contribution is 9.10. The molecule has 2 rings (SSSR count). The van der Waals surface area contributed by atoms with Crippen LogP contribution < -0.4 is 5.32 Å². The SMILES string of the molecule is N#Cc1ccc(Nc2ccc(Br)c(C(F)(F)F)c2)c(Cl)c1. The average Bonchev–Trinajstić information content (AvgIpc) is 2.41. The Kier molecular flexibility index (Phi) is 4.45. The molecule has 0 aliphatic rings. The Balaban J connectivity index is 2.35. The molecule has 0 bridgehead atoms. The molecule has 0 aliphatic carbocycles. The van der Waals surface area contributed by atoms with Crippen LogP contribution in [0, 0.1) is 11.3 Å². The van der Waals surface area contributed by atoms with Gasteiger partial charge in [0.25, 0.3) is 0 Å². The second kappa shape index (κ2) is 5.96. The zero-order valence-corrected chi connectivity index (χ0v) is 12.6. The lowest BCUT2D eigenvalue weighted by atomic mass is 10.1. The van der Waals surface area contributed by atoms with Gasteiger partial charge in [-0.05, 0) is 36.4 Å². The van der Waals surface area contributed by atoms with Crippen molar-refractivity contribution < 1.29 is 13.2 Å². The molecule has 0 aromatic heterocycles. The molecule has 0 radical (unpaired) electrons. The van der Waals surface area contributed by atoms with Gasteiger partial charge >= 0.3 is 6.18 Å².